The Morgan fingerprint density at radius 1 is 1.11 bits per heavy atom. The lowest BCUT2D eigenvalue weighted by Gasteiger charge is -2.04. The Kier molecular flexibility index (Phi) is 2.76. The van der Waals surface area contributed by atoms with Gasteiger partial charge in [-0.25, -0.2) is 15.0 Å². The van der Waals surface area contributed by atoms with Crippen LogP contribution in [0.5, 0.6) is 0 Å². The molecule has 0 aliphatic heterocycles. The molecule has 0 unspecified atom stereocenters. The summed E-state index contributed by atoms with van der Waals surface area (Å²) in [6.07, 6.45) is 0. The van der Waals surface area contributed by atoms with E-state index in [1.165, 1.54) is 0 Å². The number of hydrogen-bond donors (Lipinski definition) is 0. The molecule has 3 nitrogen and oxygen atoms in total. The third kappa shape index (κ3) is 1.87. The van der Waals surface area contributed by atoms with Crippen LogP contribution in [0, 0.1) is 13.8 Å². The zero-order valence-electron chi connectivity index (χ0n) is 9.94. The summed E-state index contributed by atoms with van der Waals surface area (Å²) in [6.45, 7) is 3.98. The normalized spacial score (nSPS) is 11.1. The molecule has 1 aromatic carbocycles. The number of aromatic nitrogens is 3. The van der Waals surface area contributed by atoms with Gasteiger partial charge in [-0.05, 0) is 25.5 Å². The Balaban J connectivity index is 2.29. The summed E-state index contributed by atoms with van der Waals surface area (Å²) in [4.78, 5) is 13.3. The van der Waals surface area contributed by atoms with Crippen LogP contribution in [0.25, 0.3) is 22.4 Å². The lowest BCUT2D eigenvalue weighted by molar-refractivity contribution is 1.17. The van der Waals surface area contributed by atoms with Crippen molar-refractivity contribution in [2.75, 3.05) is 0 Å². The van der Waals surface area contributed by atoms with Gasteiger partial charge in [-0.1, -0.05) is 23.7 Å². The zero-order valence-corrected chi connectivity index (χ0v) is 11.5. The Labute approximate surface area is 114 Å². The summed E-state index contributed by atoms with van der Waals surface area (Å²) in [7, 11) is 0. The number of fused-ring (bicyclic) bond motifs is 1. The van der Waals surface area contributed by atoms with E-state index in [1.807, 2.05) is 37.4 Å². The number of benzene rings is 1. The van der Waals surface area contributed by atoms with Crippen molar-refractivity contribution < 1.29 is 0 Å². The van der Waals surface area contributed by atoms with Crippen LogP contribution in [0.1, 0.15) is 10.6 Å². The minimum atomic E-state index is 0.476. The lowest BCUT2D eigenvalue weighted by Crippen LogP contribution is -1.93. The Bertz CT molecular complexity index is 736. The van der Waals surface area contributed by atoms with Gasteiger partial charge in [-0.15, -0.1) is 11.3 Å². The standard InChI is InChI=1S/C13H10ClN3S/c1-7-4-3-5-9-11(7)16-13(17-12(9)14)10-6-18-8(2)15-10/h3-6H,1-2H3. The van der Waals surface area contributed by atoms with E-state index in [4.69, 9.17) is 11.6 Å². The van der Waals surface area contributed by atoms with Crippen LogP contribution in [0.15, 0.2) is 23.6 Å². The van der Waals surface area contributed by atoms with Crippen molar-refractivity contribution in [1.29, 1.82) is 0 Å². The monoisotopic (exact) mass is 275 g/mol. The molecule has 2 aromatic heterocycles. The molecule has 0 aliphatic rings. The maximum absolute atomic E-state index is 6.22. The third-order valence-electron chi connectivity index (χ3n) is 2.73. The van der Waals surface area contributed by atoms with Crippen molar-refractivity contribution in [3.8, 4) is 11.5 Å². The fourth-order valence-corrected chi connectivity index (χ4v) is 2.66. The van der Waals surface area contributed by atoms with Crippen molar-refractivity contribution in [2.24, 2.45) is 0 Å². The van der Waals surface area contributed by atoms with Gasteiger partial charge in [0, 0.05) is 10.8 Å². The van der Waals surface area contributed by atoms with E-state index in [0.717, 1.165) is 27.2 Å². The molecule has 0 saturated carbocycles. The van der Waals surface area contributed by atoms with Crippen LogP contribution >= 0.6 is 22.9 Å². The van der Waals surface area contributed by atoms with Crippen molar-refractivity contribution in [3.05, 3.63) is 39.3 Å². The quantitative estimate of drug-likeness (QED) is 0.630. The largest absolute Gasteiger partial charge is 0.238 e. The van der Waals surface area contributed by atoms with Crippen LogP contribution in [-0.2, 0) is 0 Å². The molecular weight excluding hydrogens is 266 g/mol. The van der Waals surface area contributed by atoms with Crippen molar-refractivity contribution >= 4 is 33.8 Å². The summed E-state index contributed by atoms with van der Waals surface area (Å²) in [5.74, 6) is 0.589. The van der Waals surface area contributed by atoms with E-state index in [0.29, 0.717) is 11.0 Å². The maximum atomic E-state index is 6.22. The summed E-state index contributed by atoms with van der Waals surface area (Å²) in [6, 6.07) is 5.90. The number of thiazole rings is 1. The highest BCUT2D eigenvalue weighted by atomic mass is 35.5. The first-order chi connectivity index (χ1) is 8.65. The van der Waals surface area contributed by atoms with Crippen LogP contribution in [0.2, 0.25) is 5.15 Å². The van der Waals surface area contributed by atoms with Crippen molar-refractivity contribution in [1.82, 2.24) is 15.0 Å². The fourth-order valence-electron chi connectivity index (χ4n) is 1.84. The fraction of sp³-hybridized carbons (Fsp3) is 0.154. The minimum absolute atomic E-state index is 0.476. The Morgan fingerprint density at radius 3 is 2.67 bits per heavy atom. The van der Waals surface area contributed by atoms with E-state index >= 15 is 0 Å². The molecule has 0 spiro atoms. The molecule has 0 aliphatic carbocycles. The van der Waals surface area contributed by atoms with Crippen molar-refractivity contribution in [3.63, 3.8) is 0 Å². The molecule has 0 N–H and O–H groups in total. The predicted molar refractivity (Wildman–Crippen MR) is 75.1 cm³/mol. The molecule has 0 bridgehead atoms. The van der Waals surface area contributed by atoms with Crippen LogP contribution in [0.4, 0.5) is 0 Å². The van der Waals surface area contributed by atoms with E-state index in [2.05, 4.69) is 15.0 Å². The second kappa shape index (κ2) is 4.30. The summed E-state index contributed by atoms with van der Waals surface area (Å²) in [5, 5.41) is 4.30. The molecule has 3 aromatic rings. The van der Waals surface area contributed by atoms with Crippen LogP contribution in [-0.4, -0.2) is 15.0 Å². The van der Waals surface area contributed by atoms with Crippen LogP contribution < -0.4 is 0 Å². The maximum Gasteiger partial charge on any atom is 0.181 e. The molecule has 0 saturated heterocycles. The number of aryl methyl sites for hydroxylation is 2. The highest BCUT2D eigenvalue weighted by molar-refractivity contribution is 7.09. The highest BCUT2D eigenvalue weighted by Crippen LogP contribution is 2.27. The van der Waals surface area contributed by atoms with Gasteiger partial charge in [-0.2, -0.15) is 0 Å². The van der Waals surface area contributed by atoms with E-state index in [9.17, 15) is 0 Å². The first kappa shape index (κ1) is 11.6. The molecule has 5 heteroatoms. The van der Waals surface area contributed by atoms with Gasteiger partial charge in [-0.3, -0.25) is 0 Å². The molecule has 18 heavy (non-hydrogen) atoms. The minimum Gasteiger partial charge on any atom is -0.238 e. The summed E-state index contributed by atoms with van der Waals surface area (Å²) in [5.41, 5.74) is 2.76. The molecule has 0 amide bonds. The molecule has 3 rings (SSSR count). The average molecular weight is 276 g/mol. The molecule has 0 radical (unpaired) electrons. The molecule has 2 heterocycles. The van der Waals surface area contributed by atoms with E-state index in [1.54, 1.807) is 11.3 Å². The number of hydrogen-bond acceptors (Lipinski definition) is 4. The Hall–Kier alpha value is -1.52. The molecule has 90 valence electrons. The molecule has 0 fully saturated rings. The molecule has 0 atom stereocenters. The van der Waals surface area contributed by atoms with Gasteiger partial charge >= 0.3 is 0 Å². The van der Waals surface area contributed by atoms with Gasteiger partial charge in [0.05, 0.1) is 10.5 Å². The second-order valence-corrected chi connectivity index (χ2v) is 5.48. The van der Waals surface area contributed by atoms with Gasteiger partial charge in [0.15, 0.2) is 5.82 Å². The summed E-state index contributed by atoms with van der Waals surface area (Å²) < 4.78 is 0. The summed E-state index contributed by atoms with van der Waals surface area (Å²) >= 11 is 7.80. The lowest BCUT2D eigenvalue weighted by atomic mass is 10.1. The highest BCUT2D eigenvalue weighted by Gasteiger charge is 2.11. The molecular formula is C13H10ClN3S. The van der Waals surface area contributed by atoms with E-state index < -0.39 is 0 Å². The second-order valence-electron chi connectivity index (χ2n) is 4.06. The number of nitrogens with zero attached hydrogens (tertiary/aromatic N) is 3. The van der Waals surface area contributed by atoms with E-state index in [-0.39, 0.29) is 0 Å². The number of para-hydroxylation sites is 1. The van der Waals surface area contributed by atoms with Gasteiger partial charge < -0.3 is 0 Å². The van der Waals surface area contributed by atoms with Gasteiger partial charge in [0.1, 0.15) is 10.8 Å². The first-order valence-electron chi connectivity index (χ1n) is 5.50. The Morgan fingerprint density at radius 2 is 1.94 bits per heavy atom. The van der Waals surface area contributed by atoms with Gasteiger partial charge in [0.2, 0.25) is 0 Å². The zero-order chi connectivity index (χ0) is 12.7. The smallest absolute Gasteiger partial charge is 0.181 e. The van der Waals surface area contributed by atoms with Gasteiger partial charge in [0.25, 0.3) is 0 Å². The SMILES string of the molecule is Cc1nc(-c2nc(Cl)c3cccc(C)c3n2)cs1. The third-order valence-corrected chi connectivity index (χ3v) is 3.79. The topological polar surface area (TPSA) is 38.7 Å². The number of rotatable bonds is 1. The predicted octanol–water partition coefficient (Wildman–Crippen LogP) is 4.02. The first-order valence-corrected chi connectivity index (χ1v) is 6.76. The van der Waals surface area contributed by atoms with Crippen LogP contribution in [0.3, 0.4) is 0 Å². The average Bonchev–Trinajstić information content (AvgIpc) is 2.77. The van der Waals surface area contributed by atoms with Crippen molar-refractivity contribution in [2.45, 2.75) is 13.8 Å². The number of halogens is 1.